The molecule has 5 aromatic rings. The Morgan fingerprint density at radius 3 is 1.63 bits per heavy atom. The third-order valence-corrected chi connectivity index (χ3v) is 14.9. The Morgan fingerprint density at radius 2 is 1.09 bits per heavy atom. The minimum atomic E-state index is -0.402. The Balaban J connectivity index is 0.847. The van der Waals surface area contributed by atoms with Crippen LogP contribution in [-0.2, 0) is 38.4 Å². The third-order valence-electron chi connectivity index (χ3n) is 13.9. The fourth-order valence-corrected chi connectivity index (χ4v) is 10.1. The lowest BCUT2D eigenvalue weighted by molar-refractivity contribution is -0.218. The first kappa shape index (κ1) is 62.0. The number of anilines is 1. The number of hydrogen-bond donors (Lipinski definition) is 1. The number of rotatable bonds is 36. The minimum Gasteiger partial charge on any atom is -0.494 e. The van der Waals surface area contributed by atoms with Crippen LogP contribution in [0.2, 0.25) is 0 Å². The third kappa shape index (κ3) is 21.4. The molecule has 0 atom stereocenters. The number of nitrogens with one attached hydrogen (secondary N) is 1. The molecule has 0 amide bonds. The van der Waals surface area contributed by atoms with Gasteiger partial charge in [-0.25, -0.2) is 20.0 Å². The molecule has 2 aliphatic carbocycles. The average molecular weight is 1150 g/mol. The first-order valence-electron chi connectivity index (χ1n) is 28.4. The maximum atomic E-state index is 13.6. The average Bonchev–Trinajstić information content (AvgIpc) is 4.14. The summed E-state index contributed by atoms with van der Waals surface area (Å²) < 4.78 is 34.5. The summed E-state index contributed by atoms with van der Waals surface area (Å²) in [4.78, 5) is 76.9. The van der Waals surface area contributed by atoms with Crippen LogP contribution in [0.5, 0.6) is 34.5 Å². The first-order valence-corrected chi connectivity index (χ1v) is 29.2. The number of carbonyl (C=O) groups is 4. The van der Waals surface area contributed by atoms with Crippen LogP contribution in [0.4, 0.5) is 5.13 Å². The van der Waals surface area contributed by atoms with Gasteiger partial charge in [0.1, 0.15) is 23.0 Å². The molecule has 438 valence electrons. The summed E-state index contributed by atoms with van der Waals surface area (Å²) in [7, 11) is 0. The van der Waals surface area contributed by atoms with Gasteiger partial charge in [-0.2, -0.15) is 20.0 Å². The molecular weight excluding hydrogens is 1070 g/mol. The van der Waals surface area contributed by atoms with Crippen LogP contribution in [0, 0.1) is 23.7 Å². The Hall–Kier alpha value is -7.58. The number of thiazole rings is 1. The highest BCUT2D eigenvalue weighted by molar-refractivity contribution is 7.22. The summed E-state index contributed by atoms with van der Waals surface area (Å²) in [5.74, 6) is 1.66. The van der Waals surface area contributed by atoms with Crippen molar-refractivity contribution in [2.45, 2.75) is 103 Å². The lowest BCUT2D eigenvalue weighted by Crippen LogP contribution is -2.33. The first-order chi connectivity index (χ1) is 40.2. The standard InChI is InChI=1S/C63H76N4O14S/c1-4-37-64-67(63-66-56-17-11-12-18-58(56)82-63)65-43-50-42-55(79-62(71)49-25-19-46(20-26-49)44-76-80-54-33-29-52(30-34-54)73-39-14-8-10-16-41-75-60(69)6-3)35-36-57(50)81-77-45-47-21-23-48(24-22-47)61(70)78-53-31-27-51(28-32-53)72-38-13-7-9-15-40-74-59(68)5-2/h4-6,11-12,17-18,27-36,42-43,46-49,64H,1-3,7-10,13-16,19-26,37-41,44-45H2/b65-43+. The van der Waals surface area contributed by atoms with Crippen molar-refractivity contribution in [3.05, 3.63) is 135 Å². The maximum absolute atomic E-state index is 13.6. The Kier molecular flexibility index (Phi) is 26.2. The molecule has 19 heteroatoms. The van der Waals surface area contributed by atoms with Crippen molar-refractivity contribution in [3.8, 4) is 34.5 Å². The zero-order valence-corrected chi connectivity index (χ0v) is 47.4. The van der Waals surface area contributed by atoms with E-state index in [1.165, 1.54) is 17.4 Å². The molecule has 18 nitrogen and oxygen atoms in total. The number of aromatic nitrogens is 1. The van der Waals surface area contributed by atoms with Crippen molar-refractivity contribution in [3.63, 3.8) is 0 Å². The van der Waals surface area contributed by atoms with E-state index in [2.05, 4.69) is 25.2 Å². The van der Waals surface area contributed by atoms with E-state index < -0.39 is 11.9 Å². The zero-order chi connectivity index (χ0) is 57.6. The van der Waals surface area contributed by atoms with Gasteiger partial charge in [-0.05, 0) is 193 Å². The van der Waals surface area contributed by atoms with E-state index in [9.17, 15) is 19.2 Å². The van der Waals surface area contributed by atoms with Gasteiger partial charge in [0.15, 0.2) is 11.5 Å². The van der Waals surface area contributed by atoms with Crippen LogP contribution in [-0.4, -0.2) is 81.3 Å². The summed E-state index contributed by atoms with van der Waals surface area (Å²) in [5, 5.41) is 6.95. The van der Waals surface area contributed by atoms with E-state index in [0.29, 0.717) is 111 Å². The van der Waals surface area contributed by atoms with Crippen LogP contribution in [0.15, 0.2) is 134 Å². The number of para-hydroxylation sites is 1. The molecule has 0 unspecified atom stereocenters. The van der Waals surface area contributed by atoms with E-state index in [4.69, 9.17) is 58.1 Å². The smallest absolute Gasteiger partial charge is 0.330 e. The monoisotopic (exact) mass is 1140 g/mol. The van der Waals surface area contributed by atoms with Gasteiger partial charge in [0.25, 0.3) is 0 Å². The second-order valence-electron chi connectivity index (χ2n) is 20.1. The molecule has 82 heavy (non-hydrogen) atoms. The summed E-state index contributed by atoms with van der Waals surface area (Å²) in [5.41, 5.74) is 4.56. The number of hydrazone groups is 1. The molecule has 0 saturated heterocycles. The number of fused-ring (bicyclic) bond motifs is 1. The largest absolute Gasteiger partial charge is 0.494 e. The highest BCUT2D eigenvalue weighted by atomic mass is 32.1. The minimum absolute atomic E-state index is 0.153. The van der Waals surface area contributed by atoms with Crippen LogP contribution < -0.4 is 39.3 Å². The van der Waals surface area contributed by atoms with E-state index >= 15 is 0 Å². The number of nitrogens with zero attached hydrogens (tertiary/aromatic N) is 3. The maximum Gasteiger partial charge on any atom is 0.330 e. The van der Waals surface area contributed by atoms with Gasteiger partial charge in [-0.15, -0.1) is 6.58 Å². The molecule has 7 rings (SSSR count). The van der Waals surface area contributed by atoms with Gasteiger partial charge < -0.3 is 38.2 Å². The van der Waals surface area contributed by atoms with Gasteiger partial charge in [0, 0.05) is 24.3 Å². The summed E-state index contributed by atoms with van der Waals surface area (Å²) in [6, 6.07) is 27.3. The molecule has 0 spiro atoms. The fraction of sp³-hybridized carbons (Fsp3) is 0.429. The molecule has 1 N–H and O–H groups in total. The molecule has 1 heterocycles. The van der Waals surface area contributed by atoms with Crippen molar-refractivity contribution >= 4 is 56.8 Å². The van der Waals surface area contributed by atoms with Crippen LogP contribution in [0.3, 0.4) is 0 Å². The Morgan fingerprint density at radius 1 is 0.585 bits per heavy atom. The molecule has 4 aromatic carbocycles. The predicted molar refractivity (Wildman–Crippen MR) is 313 cm³/mol. The number of esters is 4. The zero-order valence-electron chi connectivity index (χ0n) is 46.6. The van der Waals surface area contributed by atoms with Gasteiger partial charge >= 0.3 is 23.9 Å². The normalized spacial score (nSPS) is 16.8. The quantitative estimate of drug-likeness (QED) is 0.00579. The van der Waals surface area contributed by atoms with Gasteiger partial charge in [-0.1, -0.05) is 42.7 Å². The molecule has 2 fully saturated rings. The van der Waals surface area contributed by atoms with Crippen molar-refractivity contribution < 1.29 is 67.1 Å². The topological polar surface area (TPSA) is 201 Å². The predicted octanol–water partition coefficient (Wildman–Crippen LogP) is 12.6. The molecule has 0 aliphatic heterocycles. The highest BCUT2D eigenvalue weighted by Crippen LogP contribution is 2.34. The molecule has 2 saturated carbocycles. The molecule has 2 aliphatic rings. The number of benzene rings is 4. The SMILES string of the molecule is C=CCNN(/N=C/c1cc(OC(=O)C2CCC(COOc3ccc(OCCCCCCOC(=O)C=C)cc3)CC2)ccc1OOCC1CCC(C(=O)Oc2ccc(OCCCCCCOC(=O)C=C)cc2)CC1)c1nc2ccccc2s1. The second kappa shape index (κ2) is 34.6. The lowest BCUT2D eigenvalue weighted by atomic mass is 9.82. The van der Waals surface area contributed by atoms with Gasteiger partial charge in [0.05, 0.1) is 67.9 Å². The van der Waals surface area contributed by atoms with Crippen molar-refractivity contribution in [1.29, 1.82) is 0 Å². The highest BCUT2D eigenvalue weighted by Gasteiger charge is 2.30. The number of ether oxygens (including phenoxy) is 6. The summed E-state index contributed by atoms with van der Waals surface area (Å²) in [6.45, 7) is 13.7. The van der Waals surface area contributed by atoms with Gasteiger partial charge in [0.2, 0.25) is 5.13 Å². The number of hydrogen-bond acceptors (Lipinski definition) is 19. The molecule has 1 aromatic heterocycles. The van der Waals surface area contributed by atoms with Crippen LogP contribution in [0.1, 0.15) is 108 Å². The van der Waals surface area contributed by atoms with E-state index in [1.54, 1.807) is 72.0 Å². The van der Waals surface area contributed by atoms with Crippen molar-refractivity contribution in [2.24, 2.45) is 28.8 Å². The lowest BCUT2D eigenvalue weighted by Gasteiger charge is -2.27. The van der Waals surface area contributed by atoms with Gasteiger partial charge in [-0.3, -0.25) is 9.59 Å². The van der Waals surface area contributed by atoms with E-state index in [1.807, 2.05) is 36.4 Å². The molecule has 0 radical (unpaired) electrons. The van der Waals surface area contributed by atoms with Crippen molar-refractivity contribution in [1.82, 2.24) is 10.4 Å². The van der Waals surface area contributed by atoms with Crippen molar-refractivity contribution in [2.75, 3.05) is 51.3 Å². The van der Waals surface area contributed by atoms with E-state index in [-0.39, 0.29) is 35.6 Å². The summed E-state index contributed by atoms with van der Waals surface area (Å²) >= 11 is 1.48. The van der Waals surface area contributed by atoms with Crippen LogP contribution >= 0.6 is 11.3 Å². The number of hydrazine groups is 1. The second-order valence-corrected chi connectivity index (χ2v) is 21.1. The molecular formula is C63H76N4O14S. The number of carbonyl (C=O) groups excluding carboxylic acids is 4. The number of unbranched alkanes of at least 4 members (excludes halogenated alkanes) is 6. The van der Waals surface area contributed by atoms with Crippen LogP contribution in [0.25, 0.3) is 10.2 Å². The Labute approximate surface area is 484 Å². The summed E-state index contributed by atoms with van der Waals surface area (Å²) in [6.07, 6.45) is 18.5. The van der Waals surface area contributed by atoms with E-state index in [0.717, 1.165) is 99.1 Å². The molecule has 0 bridgehead atoms. The Bertz CT molecular complexity index is 2790. The fourth-order valence-electron chi connectivity index (χ4n) is 9.22.